The van der Waals surface area contributed by atoms with Crippen LogP contribution in [0.3, 0.4) is 0 Å². The Hall–Kier alpha value is -1.55. The number of amides is 1. The molecule has 0 aliphatic heterocycles. The van der Waals surface area contributed by atoms with Crippen molar-refractivity contribution in [2.45, 2.75) is 32.7 Å². The Balaban J connectivity index is 2.29. The summed E-state index contributed by atoms with van der Waals surface area (Å²) in [6, 6.07) is 8.14. The first-order chi connectivity index (χ1) is 9.56. The zero-order valence-corrected chi connectivity index (χ0v) is 13.0. The summed E-state index contributed by atoms with van der Waals surface area (Å²) in [6.45, 7) is 5.93. The maximum atomic E-state index is 11.8. The van der Waals surface area contributed by atoms with Gasteiger partial charge in [-0.1, -0.05) is 19.1 Å². The Morgan fingerprint density at radius 2 is 2.00 bits per heavy atom. The van der Waals surface area contributed by atoms with Gasteiger partial charge in [-0.2, -0.15) is 0 Å². The van der Waals surface area contributed by atoms with E-state index in [0.717, 1.165) is 24.3 Å². The van der Waals surface area contributed by atoms with Gasteiger partial charge in [0.1, 0.15) is 5.75 Å². The molecule has 1 amide bonds. The van der Waals surface area contributed by atoms with Crippen LogP contribution in [0.5, 0.6) is 5.75 Å². The lowest BCUT2D eigenvalue weighted by molar-refractivity contribution is -0.120. The van der Waals surface area contributed by atoms with Gasteiger partial charge in [-0.3, -0.25) is 4.79 Å². The van der Waals surface area contributed by atoms with Gasteiger partial charge >= 0.3 is 0 Å². The molecule has 4 heteroatoms. The molecular weight excluding hydrogens is 252 g/mol. The molecule has 0 heterocycles. The molecule has 0 aromatic heterocycles. The van der Waals surface area contributed by atoms with Crippen molar-refractivity contribution >= 4 is 5.91 Å². The molecule has 0 saturated carbocycles. The van der Waals surface area contributed by atoms with Crippen molar-refractivity contribution in [3.63, 3.8) is 0 Å². The maximum Gasteiger partial charge on any atom is 0.224 e. The summed E-state index contributed by atoms with van der Waals surface area (Å²) in [5.41, 5.74) is 0.999. The minimum atomic E-state index is 0.0627. The molecule has 0 radical (unpaired) electrons. The summed E-state index contributed by atoms with van der Waals surface area (Å²) < 4.78 is 5.09. The van der Waals surface area contributed by atoms with Gasteiger partial charge < -0.3 is 15.0 Å². The first-order valence-electron chi connectivity index (χ1n) is 7.16. The Kier molecular flexibility index (Phi) is 7.09. The highest BCUT2D eigenvalue weighted by molar-refractivity contribution is 5.78. The minimum absolute atomic E-state index is 0.0627. The number of benzene rings is 1. The molecule has 0 aliphatic rings. The summed E-state index contributed by atoms with van der Waals surface area (Å²) in [5.74, 6) is 0.872. The standard InChI is InChI=1S/C16H26N2O2/c1-5-13(2)18(3)11-10-17-16(19)12-14-6-8-15(20-4)9-7-14/h6-9,13H,5,10-12H2,1-4H3,(H,17,19)/t13-/m0/s1. The second-order valence-electron chi connectivity index (χ2n) is 5.11. The average Bonchev–Trinajstić information content (AvgIpc) is 2.47. The van der Waals surface area contributed by atoms with E-state index in [1.54, 1.807) is 7.11 Å². The lowest BCUT2D eigenvalue weighted by Gasteiger charge is -2.23. The number of likely N-dealkylation sites (N-methyl/N-ethyl adjacent to an activating group) is 1. The fourth-order valence-electron chi connectivity index (χ4n) is 1.90. The third kappa shape index (κ3) is 5.61. The molecular formula is C16H26N2O2. The molecule has 1 atom stereocenters. The molecule has 0 fully saturated rings. The van der Waals surface area contributed by atoms with Crippen LogP contribution in [0.25, 0.3) is 0 Å². The van der Waals surface area contributed by atoms with Crippen molar-refractivity contribution in [1.82, 2.24) is 10.2 Å². The predicted octanol–water partition coefficient (Wildman–Crippen LogP) is 2.08. The monoisotopic (exact) mass is 278 g/mol. The summed E-state index contributed by atoms with van der Waals surface area (Å²) in [7, 11) is 3.72. The molecule has 0 aliphatic carbocycles. The van der Waals surface area contributed by atoms with E-state index in [2.05, 4.69) is 31.1 Å². The third-order valence-electron chi connectivity index (χ3n) is 3.65. The number of nitrogens with one attached hydrogen (secondary N) is 1. The number of nitrogens with zero attached hydrogens (tertiary/aromatic N) is 1. The van der Waals surface area contributed by atoms with Gasteiger partial charge in [0.25, 0.3) is 0 Å². The Labute approximate surface area is 122 Å². The van der Waals surface area contributed by atoms with Crippen LogP contribution < -0.4 is 10.1 Å². The number of hydrogen-bond donors (Lipinski definition) is 1. The SMILES string of the molecule is CC[C@H](C)N(C)CCNC(=O)Cc1ccc(OC)cc1. The molecule has 112 valence electrons. The zero-order valence-electron chi connectivity index (χ0n) is 13.0. The van der Waals surface area contributed by atoms with Gasteiger partial charge in [0.15, 0.2) is 0 Å². The van der Waals surface area contributed by atoms with E-state index in [0.29, 0.717) is 19.0 Å². The Morgan fingerprint density at radius 3 is 2.55 bits per heavy atom. The highest BCUT2D eigenvalue weighted by Gasteiger charge is 2.07. The van der Waals surface area contributed by atoms with E-state index in [-0.39, 0.29) is 5.91 Å². The molecule has 20 heavy (non-hydrogen) atoms. The maximum absolute atomic E-state index is 11.8. The molecule has 0 unspecified atom stereocenters. The normalized spacial score (nSPS) is 12.2. The lowest BCUT2D eigenvalue weighted by atomic mass is 10.1. The minimum Gasteiger partial charge on any atom is -0.497 e. The Morgan fingerprint density at radius 1 is 1.35 bits per heavy atom. The number of carbonyl (C=O) groups is 1. The molecule has 0 saturated heterocycles. The molecule has 4 nitrogen and oxygen atoms in total. The van der Waals surface area contributed by atoms with Crippen molar-refractivity contribution in [3.05, 3.63) is 29.8 Å². The summed E-state index contributed by atoms with van der Waals surface area (Å²) in [4.78, 5) is 14.1. The predicted molar refractivity (Wildman–Crippen MR) is 82.1 cm³/mol. The van der Waals surface area contributed by atoms with Crippen LogP contribution in [0, 0.1) is 0 Å². The topological polar surface area (TPSA) is 41.6 Å². The van der Waals surface area contributed by atoms with Crippen LogP contribution >= 0.6 is 0 Å². The number of carbonyl (C=O) groups excluding carboxylic acids is 1. The largest absolute Gasteiger partial charge is 0.497 e. The van der Waals surface area contributed by atoms with Crippen LogP contribution in [0.4, 0.5) is 0 Å². The number of methoxy groups -OCH3 is 1. The van der Waals surface area contributed by atoms with E-state index >= 15 is 0 Å². The third-order valence-corrected chi connectivity index (χ3v) is 3.65. The van der Waals surface area contributed by atoms with Crippen molar-refractivity contribution in [2.75, 3.05) is 27.2 Å². The molecule has 0 spiro atoms. The first kappa shape index (κ1) is 16.5. The quantitative estimate of drug-likeness (QED) is 0.791. The van der Waals surface area contributed by atoms with E-state index in [9.17, 15) is 4.79 Å². The van der Waals surface area contributed by atoms with Crippen LogP contribution in [-0.2, 0) is 11.2 Å². The van der Waals surface area contributed by atoms with Crippen molar-refractivity contribution in [2.24, 2.45) is 0 Å². The second-order valence-corrected chi connectivity index (χ2v) is 5.11. The molecule has 1 aromatic carbocycles. The highest BCUT2D eigenvalue weighted by atomic mass is 16.5. The second kappa shape index (κ2) is 8.59. The van der Waals surface area contributed by atoms with Crippen LogP contribution in [0.2, 0.25) is 0 Å². The summed E-state index contributed by atoms with van der Waals surface area (Å²) in [6.07, 6.45) is 1.54. The molecule has 1 N–H and O–H groups in total. The Bertz CT molecular complexity index is 403. The van der Waals surface area contributed by atoms with Gasteiger partial charge in [0.2, 0.25) is 5.91 Å². The average molecular weight is 278 g/mol. The number of rotatable bonds is 8. The number of ether oxygens (including phenoxy) is 1. The van der Waals surface area contributed by atoms with E-state index in [1.807, 2.05) is 24.3 Å². The van der Waals surface area contributed by atoms with Gasteiger partial charge in [-0.15, -0.1) is 0 Å². The molecule has 1 rings (SSSR count). The smallest absolute Gasteiger partial charge is 0.224 e. The van der Waals surface area contributed by atoms with Gasteiger partial charge in [-0.05, 0) is 38.1 Å². The lowest BCUT2D eigenvalue weighted by Crippen LogP contribution is -2.37. The number of hydrogen-bond acceptors (Lipinski definition) is 3. The zero-order chi connectivity index (χ0) is 15.0. The first-order valence-corrected chi connectivity index (χ1v) is 7.16. The van der Waals surface area contributed by atoms with E-state index < -0.39 is 0 Å². The van der Waals surface area contributed by atoms with Crippen LogP contribution in [0.15, 0.2) is 24.3 Å². The van der Waals surface area contributed by atoms with E-state index in [1.165, 1.54) is 0 Å². The summed E-state index contributed by atoms with van der Waals surface area (Å²) in [5, 5.41) is 2.96. The fraction of sp³-hybridized carbons (Fsp3) is 0.562. The van der Waals surface area contributed by atoms with Crippen molar-refractivity contribution in [1.29, 1.82) is 0 Å². The fourth-order valence-corrected chi connectivity index (χ4v) is 1.90. The van der Waals surface area contributed by atoms with Crippen molar-refractivity contribution < 1.29 is 9.53 Å². The van der Waals surface area contributed by atoms with Gasteiger partial charge in [0.05, 0.1) is 13.5 Å². The molecule has 1 aromatic rings. The van der Waals surface area contributed by atoms with Crippen molar-refractivity contribution in [3.8, 4) is 5.75 Å². The van der Waals surface area contributed by atoms with Crippen LogP contribution in [-0.4, -0.2) is 44.1 Å². The van der Waals surface area contributed by atoms with E-state index in [4.69, 9.17) is 4.74 Å². The highest BCUT2D eigenvalue weighted by Crippen LogP contribution is 2.11. The summed E-state index contributed by atoms with van der Waals surface area (Å²) >= 11 is 0. The van der Waals surface area contributed by atoms with Crippen LogP contribution in [0.1, 0.15) is 25.8 Å². The molecule has 0 bridgehead atoms. The van der Waals surface area contributed by atoms with Gasteiger partial charge in [0, 0.05) is 19.1 Å². The van der Waals surface area contributed by atoms with Gasteiger partial charge in [-0.25, -0.2) is 0 Å².